The summed E-state index contributed by atoms with van der Waals surface area (Å²) in [6.07, 6.45) is 3.66. The smallest absolute Gasteiger partial charge is 0.240 e. The van der Waals surface area contributed by atoms with Crippen molar-refractivity contribution >= 4 is 52.6 Å². The van der Waals surface area contributed by atoms with Crippen molar-refractivity contribution in [2.24, 2.45) is 11.8 Å². The van der Waals surface area contributed by atoms with Gasteiger partial charge in [-0.05, 0) is 59.7 Å². The lowest BCUT2D eigenvalue weighted by Crippen LogP contribution is -2.44. The van der Waals surface area contributed by atoms with Gasteiger partial charge in [0.15, 0.2) is 5.78 Å². The van der Waals surface area contributed by atoms with Crippen molar-refractivity contribution in [3.8, 4) is 0 Å². The van der Waals surface area contributed by atoms with Crippen molar-refractivity contribution < 1.29 is 18.8 Å². The Bertz CT molecular complexity index is 1440. The molecule has 2 amide bonds. The maximum Gasteiger partial charge on any atom is 0.240 e. The number of anilines is 1. The van der Waals surface area contributed by atoms with Crippen LogP contribution in [0.4, 0.5) is 10.1 Å². The highest BCUT2D eigenvalue weighted by Crippen LogP contribution is 2.53. The highest BCUT2D eigenvalue weighted by molar-refractivity contribution is 6.37. The lowest BCUT2D eigenvalue weighted by atomic mass is 9.83. The van der Waals surface area contributed by atoms with Crippen LogP contribution < -0.4 is 4.90 Å². The van der Waals surface area contributed by atoms with Crippen LogP contribution in [-0.2, 0) is 9.59 Å². The second-order valence-electron chi connectivity index (χ2n) is 8.81. The van der Waals surface area contributed by atoms with Gasteiger partial charge in [0.25, 0.3) is 0 Å². The molecule has 2 fully saturated rings. The van der Waals surface area contributed by atoms with E-state index in [0.717, 1.165) is 16.0 Å². The minimum atomic E-state index is -0.949. The van der Waals surface area contributed by atoms with Gasteiger partial charge in [-0.2, -0.15) is 0 Å². The van der Waals surface area contributed by atoms with Crippen LogP contribution in [0.1, 0.15) is 27.5 Å². The molecule has 8 heteroatoms. The largest absolute Gasteiger partial charge is 0.358 e. The zero-order valence-electron chi connectivity index (χ0n) is 18.1. The quantitative estimate of drug-likeness (QED) is 0.346. The summed E-state index contributed by atoms with van der Waals surface area (Å²) in [7, 11) is 0. The number of ketones is 1. The van der Waals surface area contributed by atoms with Gasteiger partial charge in [-0.1, -0.05) is 47.5 Å². The van der Waals surface area contributed by atoms with Crippen molar-refractivity contribution in [3.63, 3.8) is 0 Å². The number of amides is 2. The van der Waals surface area contributed by atoms with E-state index in [1.807, 2.05) is 35.2 Å². The van der Waals surface area contributed by atoms with Gasteiger partial charge in [0.1, 0.15) is 11.9 Å². The fourth-order valence-electron chi connectivity index (χ4n) is 5.55. The number of carbonyl (C=O) groups is 3. The van der Waals surface area contributed by atoms with E-state index in [-0.39, 0.29) is 22.1 Å². The van der Waals surface area contributed by atoms with Crippen LogP contribution in [0, 0.1) is 17.7 Å². The monoisotopic (exact) mass is 506 g/mol. The highest BCUT2D eigenvalue weighted by atomic mass is 35.5. The predicted octanol–water partition coefficient (Wildman–Crippen LogP) is 5.53. The van der Waals surface area contributed by atoms with Crippen LogP contribution in [0.3, 0.4) is 0 Å². The van der Waals surface area contributed by atoms with E-state index in [4.69, 9.17) is 23.2 Å². The Labute approximate surface area is 210 Å². The molecule has 3 aromatic carbocycles. The first-order valence-electron chi connectivity index (χ1n) is 11.0. The van der Waals surface area contributed by atoms with Gasteiger partial charge in [0, 0.05) is 16.8 Å². The number of benzene rings is 3. The van der Waals surface area contributed by atoms with Crippen LogP contribution in [-0.4, -0.2) is 28.5 Å². The lowest BCUT2D eigenvalue weighted by molar-refractivity contribution is -0.123. The number of halogens is 3. The number of fused-ring (bicyclic) bond motifs is 5. The number of rotatable bonds is 3. The van der Waals surface area contributed by atoms with Crippen LogP contribution in [0.2, 0.25) is 10.0 Å². The molecular weight excluding hydrogens is 490 g/mol. The highest BCUT2D eigenvalue weighted by Gasteiger charge is 2.64. The molecule has 0 N–H and O–H groups in total. The normalized spacial score (nSPS) is 24.4. The molecule has 0 radical (unpaired) electrons. The van der Waals surface area contributed by atoms with Crippen molar-refractivity contribution in [2.45, 2.75) is 12.1 Å². The van der Waals surface area contributed by atoms with E-state index in [9.17, 15) is 18.8 Å². The van der Waals surface area contributed by atoms with Gasteiger partial charge in [-0.15, -0.1) is 0 Å². The minimum absolute atomic E-state index is 0.177. The Morgan fingerprint density at radius 2 is 1.60 bits per heavy atom. The summed E-state index contributed by atoms with van der Waals surface area (Å²) in [6, 6.07) is 15.9. The van der Waals surface area contributed by atoms with Crippen LogP contribution in [0.25, 0.3) is 6.08 Å². The molecular formula is C27H17Cl2FN2O3. The molecule has 2 saturated heterocycles. The number of carbonyl (C=O) groups excluding carboxylic acids is 3. The first-order valence-corrected chi connectivity index (χ1v) is 11.8. The number of Topliss-reactive ketones (excluding diaryl/α,β-unsaturated/α-hetero) is 1. The molecule has 6 rings (SSSR count). The fraction of sp³-hybridized carbons (Fsp3) is 0.148. The van der Waals surface area contributed by atoms with Gasteiger partial charge >= 0.3 is 0 Å². The van der Waals surface area contributed by atoms with E-state index in [0.29, 0.717) is 5.02 Å². The van der Waals surface area contributed by atoms with E-state index in [2.05, 4.69) is 0 Å². The maximum atomic E-state index is 13.9. The average Bonchev–Trinajstić information content (AvgIpc) is 3.32. The summed E-state index contributed by atoms with van der Waals surface area (Å²) in [4.78, 5) is 44.3. The third-order valence-corrected chi connectivity index (χ3v) is 7.56. The zero-order chi connectivity index (χ0) is 24.4. The molecule has 3 aromatic rings. The van der Waals surface area contributed by atoms with Crippen molar-refractivity contribution in [2.75, 3.05) is 4.90 Å². The molecule has 5 nitrogen and oxygen atoms in total. The summed E-state index contributed by atoms with van der Waals surface area (Å²) >= 11 is 12.4. The Balaban J connectivity index is 1.50. The Morgan fingerprint density at radius 1 is 0.886 bits per heavy atom. The number of hydrogen-bond acceptors (Lipinski definition) is 4. The molecule has 0 aromatic heterocycles. The van der Waals surface area contributed by atoms with Gasteiger partial charge in [-0.25, -0.2) is 9.29 Å². The second-order valence-corrected chi connectivity index (χ2v) is 9.65. The molecule has 0 bridgehead atoms. The van der Waals surface area contributed by atoms with Gasteiger partial charge < -0.3 is 4.90 Å². The fourth-order valence-corrected chi connectivity index (χ4v) is 6.05. The van der Waals surface area contributed by atoms with Crippen LogP contribution >= 0.6 is 23.2 Å². The average molecular weight is 507 g/mol. The molecule has 3 heterocycles. The Kier molecular flexibility index (Phi) is 5.06. The Morgan fingerprint density at radius 3 is 2.34 bits per heavy atom. The van der Waals surface area contributed by atoms with E-state index < -0.39 is 41.6 Å². The zero-order valence-corrected chi connectivity index (χ0v) is 19.6. The first-order chi connectivity index (χ1) is 16.9. The van der Waals surface area contributed by atoms with Crippen LogP contribution in [0.5, 0.6) is 0 Å². The molecule has 0 spiro atoms. The van der Waals surface area contributed by atoms with E-state index in [1.165, 1.54) is 36.4 Å². The molecule has 0 aliphatic carbocycles. The minimum Gasteiger partial charge on any atom is -0.358 e. The van der Waals surface area contributed by atoms with Crippen LogP contribution in [0.15, 0.2) is 72.9 Å². The SMILES string of the molecule is O=C(c1ccc(Cl)cc1Cl)[C@H]1[C@H]2C(=O)N(c3ccc(F)cc3)C(=O)[C@@H]2[C@H]2c3ccccc3C=CN21. The maximum absolute atomic E-state index is 13.9. The summed E-state index contributed by atoms with van der Waals surface area (Å²) in [6.45, 7) is 0. The topological polar surface area (TPSA) is 57.7 Å². The lowest BCUT2D eigenvalue weighted by Gasteiger charge is -2.35. The second kappa shape index (κ2) is 8.04. The number of imide groups is 1. The molecule has 3 aliphatic heterocycles. The summed E-state index contributed by atoms with van der Waals surface area (Å²) in [5.74, 6) is -3.47. The first kappa shape index (κ1) is 22.0. The van der Waals surface area contributed by atoms with Gasteiger partial charge in [-0.3, -0.25) is 14.4 Å². The number of hydrogen-bond donors (Lipinski definition) is 0. The number of nitrogens with zero attached hydrogens (tertiary/aromatic N) is 2. The summed E-state index contributed by atoms with van der Waals surface area (Å²) in [5, 5.41) is 0.561. The molecule has 35 heavy (non-hydrogen) atoms. The van der Waals surface area contributed by atoms with Gasteiger partial charge in [0.05, 0.1) is 28.6 Å². The molecule has 3 aliphatic rings. The molecule has 174 valence electrons. The summed E-state index contributed by atoms with van der Waals surface area (Å²) in [5.41, 5.74) is 2.29. The summed E-state index contributed by atoms with van der Waals surface area (Å²) < 4.78 is 13.5. The third-order valence-electron chi connectivity index (χ3n) is 7.01. The molecule has 4 atom stereocenters. The van der Waals surface area contributed by atoms with E-state index >= 15 is 0 Å². The third kappa shape index (κ3) is 3.24. The standard InChI is InChI=1S/C27H17Cl2FN2O3/c28-15-5-10-19(20(29)13-15)25(33)24-22-21(23-18-4-2-1-3-14(18)11-12-31(23)24)26(34)32(27(22)35)17-8-6-16(30)7-9-17/h1-13,21-24H/t21-,22-,23+,24+/m0/s1. The predicted molar refractivity (Wildman–Crippen MR) is 131 cm³/mol. The molecule has 0 unspecified atom stereocenters. The van der Waals surface area contributed by atoms with Gasteiger partial charge in [0.2, 0.25) is 11.8 Å². The van der Waals surface area contributed by atoms with Crippen molar-refractivity contribution in [3.05, 3.63) is 105 Å². The van der Waals surface area contributed by atoms with E-state index in [1.54, 1.807) is 12.3 Å². The van der Waals surface area contributed by atoms with Crippen molar-refractivity contribution in [1.82, 2.24) is 4.90 Å². The Hall–Kier alpha value is -3.48. The van der Waals surface area contributed by atoms with Crippen molar-refractivity contribution in [1.29, 1.82) is 0 Å². The molecule has 0 saturated carbocycles.